The van der Waals surface area contributed by atoms with Crippen molar-refractivity contribution < 1.29 is 9.59 Å². The van der Waals surface area contributed by atoms with E-state index in [0.717, 1.165) is 12.8 Å². The highest BCUT2D eigenvalue weighted by Crippen LogP contribution is 2.22. The maximum absolute atomic E-state index is 12.5. The third-order valence-corrected chi connectivity index (χ3v) is 5.69. The molecule has 0 aliphatic carbocycles. The molecule has 2 aromatic rings. The summed E-state index contributed by atoms with van der Waals surface area (Å²) in [5, 5.41) is 8.77. The van der Waals surface area contributed by atoms with Gasteiger partial charge in [-0.2, -0.15) is 0 Å². The number of nitrogens with one attached hydrogen (secondary N) is 2. The number of pyridine rings is 1. The number of anilines is 1. The Morgan fingerprint density at radius 2 is 2.19 bits per heavy atom. The van der Waals surface area contributed by atoms with Crippen molar-refractivity contribution in [1.29, 1.82) is 0 Å². The first-order valence-electron chi connectivity index (χ1n) is 8.70. The van der Waals surface area contributed by atoms with Crippen LogP contribution < -0.4 is 10.6 Å². The quantitative estimate of drug-likeness (QED) is 0.692. The lowest BCUT2D eigenvalue weighted by Gasteiger charge is -2.31. The van der Waals surface area contributed by atoms with Crippen molar-refractivity contribution in [2.45, 2.75) is 12.8 Å². The van der Waals surface area contributed by atoms with Crippen LogP contribution in [0, 0.1) is 5.92 Å². The fourth-order valence-corrected chi connectivity index (χ4v) is 4.12. The molecule has 0 spiro atoms. The van der Waals surface area contributed by atoms with Gasteiger partial charge in [0.25, 0.3) is 5.91 Å². The predicted octanol–water partition coefficient (Wildman–Crippen LogP) is 3.53. The van der Waals surface area contributed by atoms with Crippen LogP contribution in [0.15, 0.2) is 29.8 Å². The number of hydrogen-bond donors (Lipinski definition) is 2. The van der Waals surface area contributed by atoms with Gasteiger partial charge in [-0.15, -0.1) is 11.3 Å². The van der Waals surface area contributed by atoms with Gasteiger partial charge in [0.15, 0.2) is 0 Å². The molecule has 1 unspecified atom stereocenters. The standard InChI is InChI=1S/C18H20Cl2N4O2S/c19-13-9-14(20)16(23-10-13)21-5-6-22-17(25)12-3-1-7-24(11-12)18(26)15-4-2-8-27-15/h2,4,8-10,12H,1,3,5-7,11H2,(H,21,23)(H,22,25). The molecule has 1 atom stereocenters. The van der Waals surface area contributed by atoms with Crippen LogP contribution in [0.1, 0.15) is 22.5 Å². The average Bonchev–Trinajstić information content (AvgIpc) is 3.20. The summed E-state index contributed by atoms with van der Waals surface area (Å²) in [5.74, 6) is 0.323. The van der Waals surface area contributed by atoms with Gasteiger partial charge in [0.2, 0.25) is 5.91 Å². The number of rotatable bonds is 6. The number of thiophene rings is 1. The molecule has 1 fully saturated rings. The van der Waals surface area contributed by atoms with Crippen molar-refractivity contribution >= 4 is 52.2 Å². The zero-order chi connectivity index (χ0) is 19.2. The van der Waals surface area contributed by atoms with Gasteiger partial charge in [0, 0.05) is 32.4 Å². The Kier molecular flexibility index (Phi) is 6.93. The van der Waals surface area contributed by atoms with Crippen molar-refractivity contribution in [3.05, 3.63) is 44.7 Å². The van der Waals surface area contributed by atoms with Crippen molar-refractivity contribution in [3.8, 4) is 0 Å². The molecule has 3 rings (SSSR count). The van der Waals surface area contributed by atoms with Gasteiger partial charge >= 0.3 is 0 Å². The maximum Gasteiger partial charge on any atom is 0.263 e. The second kappa shape index (κ2) is 9.39. The molecular weight excluding hydrogens is 407 g/mol. The Morgan fingerprint density at radius 3 is 2.93 bits per heavy atom. The van der Waals surface area contributed by atoms with Crippen LogP contribution in [-0.4, -0.2) is 47.9 Å². The molecule has 0 radical (unpaired) electrons. The number of carbonyl (C=O) groups is 2. The summed E-state index contributed by atoms with van der Waals surface area (Å²) < 4.78 is 0. The van der Waals surface area contributed by atoms with E-state index in [1.807, 2.05) is 17.5 Å². The Hall–Kier alpha value is -1.83. The molecule has 1 saturated heterocycles. The van der Waals surface area contributed by atoms with Gasteiger partial charge in [0.05, 0.1) is 20.8 Å². The van der Waals surface area contributed by atoms with E-state index in [9.17, 15) is 9.59 Å². The summed E-state index contributed by atoms with van der Waals surface area (Å²) in [5.41, 5.74) is 0. The van der Waals surface area contributed by atoms with Gasteiger partial charge in [-0.3, -0.25) is 9.59 Å². The average molecular weight is 427 g/mol. The molecule has 144 valence electrons. The van der Waals surface area contributed by atoms with E-state index in [-0.39, 0.29) is 17.7 Å². The molecule has 1 aliphatic heterocycles. The van der Waals surface area contributed by atoms with Crippen LogP contribution in [-0.2, 0) is 4.79 Å². The summed E-state index contributed by atoms with van der Waals surface area (Å²) in [4.78, 5) is 31.5. The smallest absolute Gasteiger partial charge is 0.263 e. The Labute approximate surface area is 171 Å². The van der Waals surface area contributed by atoms with E-state index >= 15 is 0 Å². The van der Waals surface area contributed by atoms with Crippen LogP contribution in [0.5, 0.6) is 0 Å². The van der Waals surface area contributed by atoms with Gasteiger partial charge < -0.3 is 15.5 Å². The molecule has 2 aromatic heterocycles. The number of hydrogen-bond acceptors (Lipinski definition) is 5. The lowest BCUT2D eigenvalue weighted by atomic mass is 9.97. The minimum absolute atomic E-state index is 0.00706. The minimum Gasteiger partial charge on any atom is -0.367 e. The van der Waals surface area contributed by atoms with Crippen molar-refractivity contribution in [2.24, 2.45) is 5.92 Å². The summed E-state index contributed by atoms with van der Waals surface area (Å²) in [6.07, 6.45) is 3.13. The van der Waals surface area contributed by atoms with E-state index < -0.39 is 0 Å². The molecule has 27 heavy (non-hydrogen) atoms. The van der Waals surface area contributed by atoms with Gasteiger partial charge in [-0.05, 0) is 30.4 Å². The Bertz CT molecular complexity index is 801. The predicted molar refractivity (Wildman–Crippen MR) is 109 cm³/mol. The van der Waals surface area contributed by atoms with Crippen LogP contribution in [0.2, 0.25) is 10.0 Å². The molecule has 0 aromatic carbocycles. The number of piperidine rings is 1. The number of nitrogens with zero attached hydrogens (tertiary/aromatic N) is 2. The summed E-state index contributed by atoms with van der Waals surface area (Å²) in [6.45, 7) is 2.09. The first kappa shape index (κ1) is 19.9. The number of amides is 2. The second-order valence-corrected chi connectivity index (χ2v) is 8.06. The highest BCUT2D eigenvalue weighted by molar-refractivity contribution is 7.12. The largest absolute Gasteiger partial charge is 0.367 e. The normalized spacial score (nSPS) is 16.8. The SMILES string of the molecule is O=C(NCCNc1ncc(Cl)cc1Cl)C1CCCN(C(=O)c2cccs2)C1. The Balaban J connectivity index is 1.44. The van der Waals surface area contributed by atoms with Crippen LogP contribution >= 0.6 is 34.5 Å². The summed E-state index contributed by atoms with van der Waals surface area (Å²) >= 11 is 13.3. The van der Waals surface area contributed by atoms with Gasteiger partial charge in [-0.25, -0.2) is 4.98 Å². The van der Waals surface area contributed by atoms with Crippen LogP contribution in [0.3, 0.4) is 0 Å². The van der Waals surface area contributed by atoms with Crippen LogP contribution in [0.25, 0.3) is 0 Å². The monoisotopic (exact) mass is 426 g/mol. The number of carbonyl (C=O) groups excluding carboxylic acids is 2. The molecular formula is C18H20Cl2N4O2S. The number of halogens is 2. The van der Waals surface area contributed by atoms with Crippen LogP contribution in [0.4, 0.5) is 5.82 Å². The molecule has 6 nitrogen and oxygen atoms in total. The lowest BCUT2D eigenvalue weighted by molar-refractivity contribution is -0.126. The first-order valence-corrected chi connectivity index (χ1v) is 10.3. The molecule has 0 bridgehead atoms. The summed E-state index contributed by atoms with van der Waals surface area (Å²) in [7, 11) is 0. The van der Waals surface area contributed by atoms with Crippen molar-refractivity contribution in [3.63, 3.8) is 0 Å². The lowest BCUT2D eigenvalue weighted by Crippen LogP contribution is -2.46. The third kappa shape index (κ3) is 5.34. The summed E-state index contributed by atoms with van der Waals surface area (Å²) in [6, 6.07) is 5.29. The van der Waals surface area contributed by atoms with E-state index in [1.165, 1.54) is 17.5 Å². The third-order valence-electron chi connectivity index (χ3n) is 4.34. The molecule has 1 aliphatic rings. The van der Waals surface area contributed by atoms with E-state index in [2.05, 4.69) is 15.6 Å². The number of aromatic nitrogens is 1. The molecule has 9 heteroatoms. The Morgan fingerprint density at radius 1 is 1.33 bits per heavy atom. The fourth-order valence-electron chi connectivity index (χ4n) is 2.99. The first-order chi connectivity index (χ1) is 13.0. The van der Waals surface area contributed by atoms with Gasteiger partial charge in [-0.1, -0.05) is 29.3 Å². The second-order valence-electron chi connectivity index (χ2n) is 6.27. The molecule has 3 heterocycles. The molecule has 2 amide bonds. The van der Waals surface area contributed by atoms with Crippen molar-refractivity contribution in [1.82, 2.24) is 15.2 Å². The molecule has 0 saturated carbocycles. The molecule has 2 N–H and O–H groups in total. The van der Waals surface area contributed by atoms with E-state index in [0.29, 0.717) is 46.9 Å². The highest BCUT2D eigenvalue weighted by Gasteiger charge is 2.29. The maximum atomic E-state index is 12.5. The van der Waals surface area contributed by atoms with E-state index in [1.54, 1.807) is 11.0 Å². The fraction of sp³-hybridized carbons (Fsp3) is 0.389. The zero-order valence-corrected chi connectivity index (χ0v) is 16.9. The minimum atomic E-state index is -0.181. The zero-order valence-electron chi connectivity index (χ0n) is 14.6. The van der Waals surface area contributed by atoms with E-state index in [4.69, 9.17) is 23.2 Å². The number of likely N-dealkylation sites (tertiary alicyclic amines) is 1. The van der Waals surface area contributed by atoms with Gasteiger partial charge in [0.1, 0.15) is 5.82 Å². The highest BCUT2D eigenvalue weighted by atomic mass is 35.5. The topological polar surface area (TPSA) is 74.3 Å². The van der Waals surface area contributed by atoms with Crippen molar-refractivity contribution in [2.75, 3.05) is 31.5 Å².